The van der Waals surface area contributed by atoms with E-state index in [-0.39, 0.29) is 11.1 Å². The van der Waals surface area contributed by atoms with Gasteiger partial charge in [0.25, 0.3) is 0 Å². The minimum Gasteiger partial charge on any atom is -0.192 e. The molecule has 0 saturated heterocycles. The average molecular weight is 515 g/mol. The molecule has 0 atom stereocenters. The maximum atomic E-state index is 9.32. The van der Waals surface area contributed by atoms with E-state index in [0.29, 0.717) is 0 Å². The molecule has 4 nitrogen and oxygen atoms in total. The first-order valence-corrected chi connectivity index (χ1v) is 13.3. The highest BCUT2D eigenvalue weighted by Crippen LogP contribution is 2.53. The van der Waals surface area contributed by atoms with E-state index in [4.69, 9.17) is 0 Å². The Morgan fingerprint density at radius 1 is 0.559 bits per heavy atom. The van der Waals surface area contributed by atoms with Crippen LogP contribution in [0, 0.1) is 45.3 Å². The molecule has 2 aliphatic rings. The third-order valence-electron chi connectivity index (χ3n) is 4.98. The smallest absolute Gasteiger partial charge is 0.130 e. The van der Waals surface area contributed by atoms with Crippen LogP contribution in [0.15, 0.2) is 75.7 Å². The standard InChI is InChI=1S/C26H18N4S4/c1-15-16(2)32-25(31-15)23(9-19(11-27)12-28)21-5-7-22(8-6-21)24(10-20(13-29)14-30)26-33-17(3)18(4)34-26/h5-10H,1-4H3. The van der Waals surface area contributed by atoms with Crippen LogP contribution in [-0.4, -0.2) is 0 Å². The predicted octanol–water partition coefficient (Wildman–Crippen LogP) is 8.43. The Labute approximate surface area is 217 Å². The molecule has 0 spiro atoms. The van der Waals surface area contributed by atoms with Crippen LogP contribution >= 0.6 is 47.0 Å². The lowest BCUT2D eigenvalue weighted by Gasteiger charge is -2.11. The van der Waals surface area contributed by atoms with Gasteiger partial charge < -0.3 is 0 Å². The highest BCUT2D eigenvalue weighted by atomic mass is 32.2. The Hall–Kier alpha value is -2.98. The summed E-state index contributed by atoms with van der Waals surface area (Å²) in [7, 11) is 0. The van der Waals surface area contributed by atoms with Crippen LogP contribution in [0.25, 0.3) is 11.1 Å². The van der Waals surface area contributed by atoms with Gasteiger partial charge in [-0.1, -0.05) is 71.3 Å². The molecule has 1 aromatic carbocycles. The maximum absolute atomic E-state index is 9.32. The fourth-order valence-corrected chi connectivity index (χ4v) is 8.09. The monoisotopic (exact) mass is 514 g/mol. The van der Waals surface area contributed by atoms with Crippen LogP contribution < -0.4 is 0 Å². The second kappa shape index (κ2) is 11.4. The van der Waals surface area contributed by atoms with Crippen molar-refractivity contribution >= 4 is 58.2 Å². The van der Waals surface area contributed by atoms with Gasteiger partial charge in [0.2, 0.25) is 0 Å². The van der Waals surface area contributed by atoms with Gasteiger partial charge in [-0.3, -0.25) is 0 Å². The minimum absolute atomic E-state index is 0.0455. The van der Waals surface area contributed by atoms with Crippen molar-refractivity contribution < 1.29 is 0 Å². The van der Waals surface area contributed by atoms with E-state index < -0.39 is 0 Å². The van der Waals surface area contributed by atoms with Crippen molar-refractivity contribution in [2.24, 2.45) is 0 Å². The molecule has 2 heterocycles. The lowest BCUT2D eigenvalue weighted by Crippen LogP contribution is -1.90. The molecule has 0 bridgehead atoms. The van der Waals surface area contributed by atoms with Gasteiger partial charge in [0.15, 0.2) is 0 Å². The molecule has 0 fully saturated rings. The lowest BCUT2D eigenvalue weighted by molar-refractivity contribution is 1.46. The van der Waals surface area contributed by atoms with Crippen LogP contribution in [0.1, 0.15) is 38.8 Å². The van der Waals surface area contributed by atoms with E-state index >= 15 is 0 Å². The Bertz CT molecular complexity index is 1230. The first kappa shape index (κ1) is 25.6. The molecule has 166 valence electrons. The number of hydrogen-bond acceptors (Lipinski definition) is 8. The van der Waals surface area contributed by atoms with Gasteiger partial charge in [0.1, 0.15) is 35.4 Å². The third-order valence-corrected chi connectivity index (χ3v) is 10.3. The summed E-state index contributed by atoms with van der Waals surface area (Å²) < 4.78 is 2.05. The molecule has 0 saturated carbocycles. The van der Waals surface area contributed by atoms with E-state index in [1.807, 2.05) is 48.5 Å². The van der Waals surface area contributed by atoms with E-state index in [2.05, 4.69) is 27.7 Å². The van der Waals surface area contributed by atoms with Gasteiger partial charge in [-0.15, -0.1) is 0 Å². The fourth-order valence-electron chi connectivity index (χ4n) is 2.92. The number of thioether (sulfide) groups is 4. The van der Waals surface area contributed by atoms with Crippen LogP contribution in [-0.2, 0) is 0 Å². The summed E-state index contributed by atoms with van der Waals surface area (Å²) >= 11 is 6.56. The van der Waals surface area contributed by atoms with Gasteiger partial charge in [0, 0.05) is 11.1 Å². The van der Waals surface area contributed by atoms with Gasteiger partial charge in [-0.05, 0) is 70.6 Å². The minimum atomic E-state index is 0.0455. The van der Waals surface area contributed by atoms with Crippen molar-refractivity contribution in [2.45, 2.75) is 27.7 Å². The predicted molar refractivity (Wildman–Crippen MR) is 146 cm³/mol. The summed E-state index contributed by atoms with van der Waals surface area (Å²) in [6, 6.07) is 15.6. The molecular formula is C26H18N4S4. The first-order valence-electron chi connectivity index (χ1n) is 10.0. The molecule has 0 N–H and O–H groups in total. The molecule has 1 aromatic rings. The van der Waals surface area contributed by atoms with E-state index in [0.717, 1.165) is 30.7 Å². The molecule has 0 radical (unpaired) electrons. The van der Waals surface area contributed by atoms with Gasteiger partial charge >= 0.3 is 0 Å². The van der Waals surface area contributed by atoms with Gasteiger partial charge in [0.05, 0.1) is 8.47 Å². The highest BCUT2D eigenvalue weighted by molar-refractivity contribution is 8.29. The number of rotatable bonds is 4. The van der Waals surface area contributed by atoms with Crippen LogP contribution in [0.3, 0.4) is 0 Å². The quantitative estimate of drug-likeness (QED) is 0.369. The van der Waals surface area contributed by atoms with Crippen molar-refractivity contribution in [2.75, 3.05) is 0 Å². The Morgan fingerprint density at radius 2 is 0.824 bits per heavy atom. The molecule has 0 aliphatic carbocycles. The van der Waals surface area contributed by atoms with Crippen molar-refractivity contribution in [1.29, 1.82) is 21.0 Å². The zero-order valence-corrected chi connectivity index (χ0v) is 22.2. The van der Waals surface area contributed by atoms with Crippen molar-refractivity contribution in [3.05, 3.63) is 86.8 Å². The average Bonchev–Trinajstić information content (AvgIpc) is 3.35. The Morgan fingerprint density at radius 3 is 1.06 bits per heavy atom. The summed E-state index contributed by atoms with van der Waals surface area (Å²) in [5.41, 5.74) is 3.51. The van der Waals surface area contributed by atoms with Gasteiger partial charge in [-0.2, -0.15) is 21.0 Å². The van der Waals surface area contributed by atoms with Crippen molar-refractivity contribution in [3.8, 4) is 24.3 Å². The van der Waals surface area contributed by atoms with E-state index in [1.165, 1.54) is 19.6 Å². The normalized spacial score (nSPS) is 14.7. The summed E-state index contributed by atoms with van der Waals surface area (Å²) in [5.74, 6) is 0. The third kappa shape index (κ3) is 5.74. The topological polar surface area (TPSA) is 95.2 Å². The van der Waals surface area contributed by atoms with E-state index in [1.54, 1.807) is 59.2 Å². The zero-order valence-electron chi connectivity index (χ0n) is 18.9. The maximum Gasteiger partial charge on any atom is 0.130 e. The summed E-state index contributed by atoms with van der Waals surface area (Å²) in [6.07, 6.45) is 3.27. The molecular weight excluding hydrogens is 497 g/mol. The second-order valence-corrected chi connectivity index (χ2v) is 12.6. The molecule has 0 unspecified atom stereocenters. The largest absolute Gasteiger partial charge is 0.192 e. The summed E-state index contributed by atoms with van der Waals surface area (Å²) in [5, 5.41) is 37.3. The second-order valence-electron chi connectivity index (χ2n) is 7.18. The number of allylic oxidation sites excluding steroid dienone is 10. The highest BCUT2D eigenvalue weighted by Gasteiger charge is 2.21. The molecule has 3 rings (SSSR count). The lowest BCUT2D eigenvalue weighted by atomic mass is 9.99. The number of nitriles is 4. The number of nitrogens with zero attached hydrogens (tertiary/aromatic N) is 4. The first-order chi connectivity index (χ1) is 16.3. The van der Waals surface area contributed by atoms with Crippen molar-refractivity contribution in [1.82, 2.24) is 0 Å². The molecule has 0 amide bonds. The summed E-state index contributed by atoms with van der Waals surface area (Å²) in [6.45, 7) is 8.23. The summed E-state index contributed by atoms with van der Waals surface area (Å²) in [4.78, 5) is 4.79. The SMILES string of the molecule is CC1=C(C)SC(=C(C=C(C#N)C#N)c2ccc(C(C=C(C#N)C#N)=C3SC(C)=C(C)S3)cc2)S1. The van der Waals surface area contributed by atoms with Crippen LogP contribution in [0.4, 0.5) is 0 Å². The zero-order chi connectivity index (χ0) is 24.8. The Balaban J connectivity index is 2.11. The number of benzene rings is 1. The molecule has 8 heteroatoms. The molecule has 2 aliphatic heterocycles. The van der Waals surface area contributed by atoms with Crippen LogP contribution in [0.5, 0.6) is 0 Å². The molecule has 0 aromatic heterocycles. The number of hydrogen-bond donors (Lipinski definition) is 0. The molecule has 34 heavy (non-hydrogen) atoms. The van der Waals surface area contributed by atoms with E-state index in [9.17, 15) is 21.0 Å². The Kier molecular flexibility index (Phi) is 8.62. The van der Waals surface area contributed by atoms with Crippen molar-refractivity contribution in [3.63, 3.8) is 0 Å². The van der Waals surface area contributed by atoms with Gasteiger partial charge in [-0.25, -0.2) is 0 Å². The van der Waals surface area contributed by atoms with Crippen LogP contribution in [0.2, 0.25) is 0 Å². The fraction of sp³-hybridized carbons (Fsp3) is 0.154.